The molecule has 3 amide bonds. The van der Waals surface area contributed by atoms with Gasteiger partial charge in [0.05, 0.1) is 29.2 Å². The van der Waals surface area contributed by atoms with Crippen molar-refractivity contribution < 1.29 is 19.5 Å². The Morgan fingerprint density at radius 1 is 1.17 bits per heavy atom. The molecule has 36 heavy (non-hydrogen) atoms. The van der Waals surface area contributed by atoms with Crippen LogP contribution in [0.25, 0.3) is 0 Å². The Labute approximate surface area is 220 Å². The monoisotopic (exact) mass is 527 g/mol. The maximum absolute atomic E-state index is 13.9. The third-order valence-corrected chi connectivity index (χ3v) is 10.2. The smallest absolute Gasteiger partial charge is 0.248 e. The molecule has 0 radical (unpaired) electrons. The summed E-state index contributed by atoms with van der Waals surface area (Å²) < 4.78 is -0.740. The van der Waals surface area contributed by atoms with Crippen LogP contribution < -0.4 is 10.6 Å². The number of carbonyl (C=O) groups excluding carboxylic acids is 3. The van der Waals surface area contributed by atoms with Crippen LogP contribution in [0.1, 0.15) is 25.8 Å². The van der Waals surface area contributed by atoms with Crippen LogP contribution >= 0.6 is 23.4 Å². The number of hydrogen-bond acceptors (Lipinski definition) is 5. The van der Waals surface area contributed by atoms with Gasteiger partial charge in [0.2, 0.25) is 17.7 Å². The summed E-state index contributed by atoms with van der Waals surface area (Å²) in [6, 6.07) is 15.1. The maximum Gasteiger partial charge on any atom is 0.248 e. The van der Waals surface area contributed by atoms with E-state index in [1.54, 1.807) is 43.0 Å². The van der Waals surface area contributed by atoms with Gasteiger partial charge in [-0.05, 0) is 49.1 Å². The standard InChI is InChI=1S/C27H30ClN3O4S/c1-15-12-20-21(24(33)29-13-17-6-4-3-5-7-17)22-26(35)31(16(2)14-32)23(27(15,22)36-20)25(34)30-19-10-8-18(28)9-11-19/h3-11,15-16,20-23,32H,12-14H2,1-2H3,(H,29,33)(H,30,34)/t15?,16-,20-,21+,22+,23?,27?/m1/s1. The average molecular weight is 528 g/mol. The van der Waals surface area contributed by atoms with Gasteiger partial charge in [-0.1, -0.05) is 48.9 Å². The van der Waals surface area contributed by atoms with Crippen molar-refractivity contribution in [1.29, 1.82) is 0 Å². The predicted octanol–water partition coefficient (Wildman–Crippen LogP) is 3.31. The molecule has 7 atom stereocenters. The molecular formula is C27H30ClN3O4S. The number of aliphatic hydroxyl groups excluding tert-OH is 1. The summed E-state index contributed by atoms with van der Waals surface area (Å²) in [5.74, 6) is -1.78. The van der Waals surface area contributed by atoms with Gasteiger partial charge < -0.3 is 20.6 Å². The van der Waals surface area contributed by atoms with Crippen molar-refractivity contribution in [2.75, 3.05) is 11.9 Å². The SMILES string of the molecule is CC1C[C@H]2SC13C(C(=O)Nc1ccc(Cl)cc1)N([C@H](C)CO)C(=O)[C@@H]3[C@H]2C(=O)NCc1ccccc1. The van der Waals surface area contributed by atoms with E-state index in [0.717, 1.165) is 12.0 Å². The number of rotatable bonds is 7. The van der Waals surface area contributed by atoms with Crippen molar-refractivity contribution in [3.63, 3.8) is 0 Å². The first-order chi connectivity index (χ1) is 17.3. The highest BCUT2D eigenvalue weighted by atomic mass is 35.5. The Morgan fingerprint density at radius 2 is 1.86 bits per heavy atom. The highest BCUT2D eigenvalue weighted by Gasteiger charge is 2.76. The van der Waals surface area contributed by atoms with Crippen molar-refractivity contribution in [3.05, 3.63) is 65.2 Å². The van der Waals surface area contributed by atoms with E-state index in [2.05, 4.69) is 17.6 Å². The zero-order valence-electron chi connectivity index (χ0n) is 20.2. The Balaban J connectivity index is 1.46. The first kappa shape index (κ1) is 25.1. The van der Waals surface area contributed by atoms with Crippen molar-refractivity contribution in [3.8, 4) is 0 Å². The van der Waals surface area contributed by atoms with Crippen LogP contribution in [0.3, 0.4) is 0 Å². The van der Waals surface area contributed by atoms with Gasteiger partial charge >= 0.3 is 0 Å². The molecule has 3 N–H and O–H groups in total. The van der Waals surface area contributed by atoms with Crippen molar-refractivity contribution >= 4 is 46.8 Å². The van der Waals surface area contributed by atoms with Crippen LogP contribution in [-0.2, 0) is 20.9 Å². The molecule has 3 unspecified atom stereocenters. The second-order valence-corrected chi connectivity index (χ2v) is 12.0. The fourth-order valence-electron chi connectivity index (χ4n) is 6.27. The van der Waals surface area contributed by atoms with Gasteiger partial charge in [-0.2, -0.15) is 0 Å². The van der Waals surface area contributed by atoms with Gasteiger partial charge in [-0.15, -0.1) is 11.8 Å². The van der Waals surface area contributed by atoms with E-state index >= 15 is 0 Å². The van der Waals surface area contributed by atoms with Gasteiger partial charge in [0.25, 0.3) is 0 Å². The summed E-state index contributed by atoms with van der Waals surface area (Å²) in [6.07, 6.45) is 0.754. The average Bonchev–Trinajstić information content (AvgIpc) is 3.47. The van der Waals surface area contributed by atoms with Crippen LogP contribution in [0, 0.1) is 17.8 Å². The second-order valence-electron chi connectivity index (χ2n) is 10.0. The van der Waals surface area contributed by atoms with Crippen LogP contribution in [0.2, 0.25) is 5.02 Å². The number of nitrogens with zero attached hydrogens (tertiary/aromatic N) is 1. The van der Waals surface area contributed by atoms with Gasteiger partial charge in [-0.25, -0.2) is 0 Å². The Morgan fingerprint density at radius 3 is 2.53 bits per heavy atom. The van der Waals surface area contributed by atoms with E-state index in [-0.39, 0.29) is 35.5 Å². The third-order valence-electron chi connectivity index (χ3n) is 7.89. The maximum atomic E-state index is 13.9. The molecule has 3 aliphatic heterocycles. The van der Waals surface area contributed by atoms with E-state index < -0.39 is 28.7 Å². The van der Waals surface area contributed by atoms with Crippen LogP contribution in [0.5, 0.6) is 0 Å². The second kappa shape index (κ2) is 9.72. The molecule has 7 nitrogen and oxygen atoms in total. The van der Waals surface area contributed by atoms with E-state index in [0.29, 0.717) is 17.3 Å². The molecule has 9 heteroatoms. The lowest BCUT2D eigenvalue weighted by Gasteiger charge is -2.39. The number of halogens is 1. The highest BCUT2D eigenvalue weighted by molar-refractivity contribution is 8.02. The number of benzene rings is 2. The molecule has 190 valence electrons. The normalized spacial score (nSPS) is 31.3. The summed E-state index contributed by atoms with van der Waals surface area (Å²) in [5, 5.41) is 16.5. The van der Waals surface area contributed by atoms with E-state index in [1.807, 2.05) is 30.3 Å². The molecular weight excluding hydrogens is 498 g/mol. The molecule has 3 aliphatic rings. The number of amides is 3. The predicted molar refractivity (Wildman–Crippen MR) is 140 cm³/mol. The quantitative estimate of drug-likeness (QED) is 0.513. The lowest BCUT2D eigenvalue weighted by atomic mass is 9.66. The first-order valence-electron chi connectivity index (χ1n) is 12.3. The minimum Gasteiger partial charge on any atom is -0.394 e. The number of thioether (sulfide) groups is 1. The van der Waals surface area contributed by atoms with Gasteiger partial charge in [-0.3, -0.25) is 14.4 Å². The first-order valence-corrected chi connectivity index (χ1v) is 13.5. The summed E-state index contributed by atoms with van der Waals surface area (Å²) >= 11 is 7.61. The molecule has 2 bridgehead atoms. The molecule has 3 heterocycles. The van der Waals surface area contributed by atoms with E-state index in [1.165, 1.54) is 4.90 Å². The summed E-state index contributed by atoms with van der Waals surface area (Å²) in [7, 11) is 0. The third kappa shape index (κ3) is 3.99. The number of nitrogens with one attached hydrogen (secondary N) is 2. The Hall–Kier alpha value is -2.55. The number of likely N-dealkylation sites (tertiary alicyclic amines) is 1. The summed E-state index contributed by atoms with van der Waals surface area (Å²) in [5.41, 5.74) is 1.56. The Kier molecular flexibility index (Phi) is 6.78. The Bertz CT molecular complexity index is 1160. The molecule has 2 aromatic carbocycles. The molecule has 2 aromatic rings. The highest BCUT2D eigenvalue weighted by Crippen LogP contribution is 2.68. The minimum absolute atomic E-state index is 0.0397. The topological polar surface area (TPSA) is 98.7 Å². The zero-order valence-corrected chi connectivity index (χ0v) is 21.8. The molecule has 1 spiro atoms. The summed E-state index contributed by atoms with van der Waals surface area (Å²) in [6.45, 7) is 3.92. The number of fused-ring (bicyclic) bond motifs is 1. The molecule has 5 rings (SSSR count). The van der Waals surface area contributed by atoms with Crippen LogP contribution in [0.15, 0.2) is 54.6 Å². The molecule has 3 fully saturated rings. The zero-order chi connectivity index (χ0) is 25.6. The number of aliphatic hydroxyl groups is 1. The van der Waals surface area contributed by atoms with E-state index in [9.17, 15) is 19.5 Å². The van der Waals surface area contributed by atoms with Crippen LogP contribution in [-0.4, -0.2) is 56.4 Å². The van der Waals surface area contributed by atoms with Crippen LogP contribution in [0.4, 0.5) is 5.69 Å². The van der Waals surface area contributed by atoms with Crippen molar-refractivity contribution in [1.82, 2.24) is 10.2 Å². The summed E-state index contributed by atoms with van der Waals surface area (Å²) in [4.78, 5) is 42.8. The number of hydrogen-bond donors (Lipinski definition) is 3. The lowest BCUT2D eigenvalue weighted by molar-refractivity contribution is -0.141. The molecule has 3 saturated heterocycles. The fraction of sp³-hybridized carbons (Fsp3) is 0.444. The van der Waals surface area contributed by atoms with Gasteiger partial charge in [0, 0.05) is 22.5 Å². The van der Waals surface area contributed by atoms with Crippen molar-refractivity contribution in [2.24, 2.45) is 17.8 Å². The molecule has 0 aliphatic carbocycles. The minimum atomic E-state index is -0.801. The fourth-order valence-corrected chi connectivity index (χ4v) is 8.80. The lowest BCUT2D eigenvalue weighted by Crippen LogP contribution is -2.56. The number of anilines is 1. The largest absolute Gasteiger partial charge is 0.394 e. The van der Waals surface area contributed by atoms with Gasteiger partial charge in [0.1, 0.15) is 6.04 Å². The van der Waals surface area contributed by atoms with Gasteiger partial charge in [0.15, 0.2) is 0 Å². The van der Waals surface area contributed by atoms with E-state index in [4.69, 9.17) is 11.6 Å². The number of carbonyl (C=O) groups is 3. The van der Waals surface area contributed by atoms with Crippen molar-refractivity contribution in [2.45, 2.75) is 48.9 Å². The molecule has 0 saturated carbocycles. The molecule has 0 aromatic heterocycles.